The van der Waals surface area contributed by atoms with Gasteiger partial charge in [-0.25, -0.2) is 12.7 Å². The Morgan fingerprint density at radius 3 is 2.26 bits per heavy atom. The summed E-state index contributed by atoms with van der Waals surface area (Å²) in [6.07, 6.45) is 1.87. The lowest BCUT2D eigenvalue weighted by molar-refractivity contribution is 0.455. The molecule has 1 aromatic carbocycles. The van der Waals surface area contributed by atoms with Crippen LogP contribution in [-0.4, -0.2) is 26.3 Å². The third kappa shape index (κ3) is 3.80. The summed E-state index contributed by atoms with van der Waals surface area (Å²) in [5, 5.41) is 0. The molecular formula is C15H25NO2S. The van der Waals surface area contributed by atoms with Crippen molar-refractivity contribution in [3.05, 3.63) is 29.8 Å². The van der Waals surface area contributed by atoms with E-state index in [1.165, 1.54) is 4.31 Å². The van der Waals surface area contributed by atoms with Crippen molar-refractivity contribution in [3.63, 3.8) is 0 Å². The van der Waals surface area contributed by atoms with Gasteiger partial charge in [0.25, 0.3) is 0 Å². The average Bonchev–Trinajstić information content (AvgIpc) is 2.34. The van der Waals surface area contributed by atoms with E-state index in [9.17, 15) is 8.42 Å². The van der Waals surface area contributed by atoms with Crippen molar-refractivity contribution in [2.24, 2.45) is 0 Å². The van der Waals surface area contributed by atoms with Crippen LogP contribution in [0.3, 0.4) is 0 Å². The Morgan fingerprint density at radius 1 is 1.16 bits per heavy atom. The molecule has 1 aromatic rings. The van der Waals surface area contributed by atoms with Gasteiger partial charge < -0.3 is 0 Å². The first-order valence-electron chi connectivity index (χ1n) is 6.77. The highest BCUT2D eigenvalue weighted by molar-refractivity contribution is 7.89. The van der Waals surface area contributed by atoms with E-state index in [1.54, 1.807) is 19.2 Å². The molecule has 0 spiro atoms. The van der Waals surface area contributed by atoms with E-state index >= 15 is 0 Å². The highest BCUT2D eigenvalue weighted by Gasteiger charge is 2.27. The van der Waals surface area contributed by atoms with E-state index in [4.69, 9.17) is 0 Å². The molecule has 0 fully saturated rings. The zero-order valence-electron chi connectivity index (χ0n) is 12.6. The van der Waals surface area contributed by atoms with Crippen molar-refractivity contribution in [1.29, 1.82) is 0 Å². The molecule has 0 amide bonds. The molecule has 0 bridgehead atoms. The Labute approximate surface area is 117 Å². The van der Waals surface area contributed by atoms with Crippen LogP contribution in [0.4, 0.5) is 0 Å². The normalized spacial score (nSPS) is 12.9. The summed E-state index contributed by atoms with van der Waals surface area (Å²) in [6, 6.07) is 7.29. The predicted octanol–water partition coefficient (Wildman–Crippen LogP) is 3.40. The van der Waals surface area contributed by atoms with Crippen LogP contribution in [-0.2, 0) is 15.4 Å². The minimum absolute atomic E-state index is 0.185. The fraction of sp³-hybridized carbons (Fsp3) is 0.600. The maximum absolute atomic E-state index is 12.6. The van der Waals surface area contributed by atoms with Crippen molar-refractivity contribution in [1.82, 2.24) is 4.31 Å². The van der Waals surface area contributed by atoms with E-state index in [1.807, 2.05) is 32.9 Å². The van der Waals surface area contributed by atoms with Crippen LogP contribution in [0.1, 0.15) is 46.1 Å². The van der Waals surface area contributed by atoms with Crippen LogP contribution in [0.5, 0.6) is 0 Å². The van der Waals surface area contributed by atoms with Crippen molar-refractivity contribution in [2.75, 3.05) is 13.6 Å². The molecule has 0 radical (unpaired) electrons. The summed E-state index contributed by atoms with van der Waals surface area (Å²) in [5.74, 6) is 0. The fourth-order valence-electron chi connectivity index (χ4n) is 1.98. The van der Waals surface area contributed by atoms with Gasteiger partial charge in [-0.15, -0.1) is 0 Å². The zero-order chi connectivity index (χ0) is 14.7. The Morgan fingerprint density at radius 2 is 1.74 bits per heavy atom. The van der Waals surface area contributed by atoms with Gasteiger partial charge in [0.05, 0.1) is 4.90 Å². The Bertz CT molecular complexity index is 515. The van der Waals surface area contributed by atoms with Gasteiger partial charge in [0.15, 0.2) is 0 Å². The third-order valence-electron chi connectivity index (χ3n) is 3.21. The third-order valence-corrected chi connectivity index (χ3v) is 5.12. The largest absolute Gasteiger partial charge is 0.243 e. The summed E-state index contributed by atoms with van der Waals surface area (Å²) >= 11 is 0. The lowest BCUT2D eigenvalue weighted by Gasteiger charge is -2.25. The molecule has 0 atom stereocenters. The molecule has 0 N–H and O–H groups in total. The summed E-state index contributed by atoms with van der Waals surface area (Å²) < 4.78 is 26.7. The molecule has 0 aliphatic rings. The number of sulfonamides is 1. The van der Waals surface area contributed by atoms with E-state index in [2.05, 4.69) is 6.92 Å². The van der Waals surface area contributed by atoms with E-state index < -0.39 is 10.0 Å². The first-order chi connectivity index (χ1) is 8.71. The SMILES string of the molecule is CCCCN(C)S(=O)(=O)c1ccccc1C(C)(C)C. The van der Waals surface area contributed by atoms with Crippen molar-refractivity contribution >= 4 is 10.0 Å². The van der Waals surface area contributed by atoms with Crippen molar-refractivity contribution < 1.29 is 8.42 Å². The number of hydrogen-bond donors (Lipinski definition) is 0. The molecule has 0 heterocycles. The van der Waals surface area contributed by atoms with Crippen LogP contribution in [0, 0.1) is 0 Å². The molecule has 3 nitrogen and oxygen atoms in total. The topological polar surface area (TPSA) is 37.4 Å². The lowest BCUT2D eigenvalue weighted by atomic mass is 9.87. The number of unbranched alkanes of at least 4 members (excludes halogenated alkanes) is 1. The van der Waals surface area contributed by atoms with Crippen LogP contribution >= 0.6 is 0 Å². The predicted molar refractivity (Wildman–Crippen MR) is 79.9 cm³/mol. The van der Waals surface area contributed by atoms with Crippen LogP contribution in [0.15, 0.2) is 29.2 Å². The number of rotatable bonds is 5. The minimum atomic E-state index is -3.39. The number of nitrogens with zero attached hydrogens (tertiary/aromatic N) is 1. The second-order valence-electron chi connectivity index (χ2n) is 5.93. The standard InChI is InChI=1S/C15H25NO2S/c1-6-7-12-16(5)19(17,18)14-11-9-8-10-13(14)15(2,3)4/h8-11H,6-7,12H2,1-5H3. The molecule has 4 heteroatoms. The van der Waals surface area contributed by atoms with Gasteiger partial charge in [0.1, 0.15) is 0 Å². The Balaban J connectivity index is 3.22. The molecule has 108 valence electrons. The van der Waals surface area contributed by atoms with Gasteiger partial charge in [0, 0.05) is 13.6 Å². The van der Waals surface area contributed by atoms with Crippen LogP contribution in [0.25, 0.3) is 0 Å². The number of hydrogen-bond acceptors (Lipinski definition) is 2. The number of benzene rings is 1. The zero-order valence-corrected chi connectivity index (χ0v) is 13.4. The summed E-state index contributed by atoms with van der Waals surface area (Å²) in [4.78, 5) is 0.432. The summed E-state index contributed by atoms with van der Waals surface area (Å²) in [7, 11) is -1.73. The maximum Gasteiger partial charge on any atom is 0.243 e. The molecular weight excluding hydrogens is 258 g/mol. The first-order valence-corrected chi connectivity index (χ1v) is 8.21. The molecule has 0 aliphatic carbocycles. The van der Waals surface area contributed by atoms with Gasteiger partial charge in [-0.2, -0.15) is 0 Å². The summed E-state index contributed by atoms with van der Waals surface area (Å²) in [6.45, 7) is 8.73. The minimum Gasteiger partial charge on any atom is -0.207 e. The molecule has 0 unspecified atom stereocenters. The Kier molecular flexibility index (Phi) is 5.16. The fourth-order valence-corrected chi connectivity index (χ4v) is 3.59. The second-order valence-corrected chi connectivity index (χ2v) is 7.94. The first kappa shape index (κ1) is 16.2. The van der Waals surface area contributed by atoms with Gasteiger partial charge in [-0.05, 0) is 23.5 Å². The van der Waals surface area contributed by atoms with Crippen molar-refractivity contribution in [3.8, 4) is 0 Å². The maximum atomic E-state index is 12.6. The molecule has 0 aliphatic heterocycles. The van der Waals surface area contributed by atoms with E-state index in [-0.39, 0.29) is 5.41 Å². The highest BCUT2D eigenvalue weighted by atomic mass is 32.2. The molecule has 19 heavy (non-hydrogen) atoms. The molecule has 0 aromatic heterocycles. The molecule has 0 saturated heterocycles. The molecule has 1 rings (SSSR count). The second kappa shape index (κ2) is 6.06. The van der Waals surface area contributed by atoms with Crippen LogP contribution < -0.4 is 0 Å². The average molecular weight is 283 g/mol. The highest BCUT2D eigenvalue weighted by Crippen LogP contribution is 2.30. The summed E-state index contributed by atoms with van der Waals surface area (Å²) in [5.41, 5.74) is 0.688. The van der Waals surface area contributed by atoms with E-state index in [0.717, 1.165) is 18.4 Å². The van der Waals surface area contributed by atoms with Gasteiger partial charge in [-0.1, -0.05) is 52.3 Å². The van der Waals surface area contributed by atoms with Gasteiger partial charge in [0.2, 0.25) is 10.0 Å². The quantitative estimate of drug-likeness (QED) is 0.830. The monoisotopic (exact) mass is 283 g/mol. The van der Waals surface area contributed by atoms with Gasteiger partial charge in [-0.3, -0.25) is 0 Å². The molecule has 0 saturated carbocycles. The lowest BCUT2D eigenvalue weighted by Crippen LogP contribution is -2.30. The Hall–Kier alpha value is -0.870. The smallest absolute Gasteiger partial charge is 0.207 e. The van der Waals surface area contributed by atoms with E-state index in [0.29, 0.717) is 11.4 Å². The van der Waals surface area contributed by atoms with Crippen molar-refractivity contribution in [2.45, 2.75) is 50.8 Å². The van der Waals surface area contributed by atoms with Crippen LogP contribution in [0.2, 0.25) is 0 Å². The van der Waals surface area contributed by atoms with Gasteiger partial charge >= 0.3 is 0 Å².